The van der Waals surface area contributed by atoms with E-state index < -0.39 is 0 Å². The van der Waals surface area contributed by atoms with Crippen molar-refractivity contribution in [1.82, 2.24) is 4.90 Å². The molecular formula is C15H19NO3. The van der Waals surface area contributed by atoms with E-state index in [9.17, 15) is 9.59 Å². The van der Waals surface area contributed by atoms with Crippen molar-refractivity contribution < 1.29 is 14.3 Å². The minimum atomic E-state index is 0.0692. The number of likely N-dealkylation sites (tertiary alicyclic amines) is 1. The quantitative estimate of drug-likeness (QED) is 0.834. The minimum Gasteiger partial charge on any atom is -0.494 e. The van der Waals surface area contributed by atoms with Gasteiger partial charge < -0.3 is 9.64 Å². The maximum absolute atomic E-state index is 11.9. The molecule has 1 aliphatic rings. The molecule has 0 aromatic heterocycles. The monoisotopic (exact) mass is 261 g/mol. The van der Waals surface area contributed by atoms with Gasteiger partial charge in [0.15, 0.2) is 0 Å². The number of hydrogen-bond acceptors (Lipinski definition) is 3. The number of Topliss-reactive ketones (excluding diaryl/α,β-unsaturated/α-hetero) is 1. The molecule has 1 amide bonds. The van der Waals surface area contributed by atoms with Crippen LogP contribution >= 0.6 is 0 Å². The summed E-state index contributed by atoms with van der Waals surface area (Å²) in [6.07, 6.45) is 1.21. The van der Waals surface area contributed by atoms with Crippen LogP contribution in [-0.4, -0.2) is 29.7 Å². The average Bonchev–Trinajstić information content (AvgIpc) is 2.57. The molecule has 0 N–H and O–H groups in total. The molecule has 19 heavy (non-hydrogen) atoms. The van der Waals surface area contributed by atoms with Gasteiger partial charge in [-0.2, -0.15) is 0 Å². The molecule has 1 saturated heterocycles. The molecule has 1 aromatic carbocycles. The first kappa shape index (κ1) is 13.6. The van der Waals surface area contributed by atoms with Crippen LogP contribution in [0.3, 0.4) is 0 Å². The standard InChI is InChI=1S/C15H19NO3/c1-2-19-14-6-3-12(4-7-14)11-16-10-9-13(17)5-8-15(16)18/h3-4,6-7H,2,5,8-11H2,1H3. The smallest absolute Gasteiger partial charge is 0.223 e. The van der Waals surface area contributed by atoms with Crippen molar-refractivity contribution in [2.45, 2.75) is 32.7 Å². The second kappa shape index (κ2) is 6.36. The number of benzene rings is 1. The van der Waals surface area contributed by atoms with Gasteiger partial charge in [0.05, 0.1) is 6.61 Å². The largest absolute Gasteiger partial charge is 0.494 e. The topological polar surface area (TPSA) is 46.6 Å². The number of ketones is 1. The van der Waals surface area contributed by atoms with Crippen molar-refractivity contribution in [3.05, 3.63) is 29.8 Å². The van der Waals surface area contributed by atoms with Crippen LogP contribution in [0.15, 0.2) is 24.3 Å². The van der Waals surface area contributed by atoms with Gasteiger partial charge in [-0.3, -0.25) is 9.59 Å². The third-order valence-electron chi connectivity index (χ3n) is 3.24. The van der Waals surface area contributed by atoms with Gasteiger partial charge in [-0.25, -0.2) is 0 Å². The van der Waals surface area contributed by atoms with E-state index in [1.807, 2.05) is 31.2 Å². The zero-order valence-corrected chi connectivity index (χ0v) is 11.2. The molecule has 4 nitrogen and oxygen atoms in total. The number of hydrogen-bond donors (Lipinski definition) is 0. The first-order chi connectivity index (χ1) is 9.19. The van der Waals surface area contributed by atoms with Gasteiger partial charge in [-0.1, -0.05) is 12.1 Å². The van der Waals surface area contributed by atoms with Crippen molar-refractivity contribution >= 4 is 11.7 Å². The molecule has 0 bridgehead atoms. The number of rotatable bonds is 4. The van der Waals surface area contributed by atoms with E-state index in [-0.39, 0.29) is 11.7 Å². The zero-order valence-electron chi connectivity index (χ0n) is 11.2. The Kier molecular flexibility index (Phi) is 4.55. The lowest BCUT2D eigenvalue weighted by atomic mass is 10.2. The first-order valence-corrected chi connectivity index (χ1v) is 6.70. The summed E-state index contributed by atoms with van der Waals surface area (Å²) in [5.74, 6) is 1.09. The number of ether oxygens (including phenoxy) is 1. The van der Waals surface area contributed by atoms with E-state index in [0.717, 1.165) is 11.3 Å². The second-order valence-corrected chi connectivity index (χ2v) is 4.68. The van der Waals surface area contributed by atoms with Gasteiger partial charge >= 0.3 is 0 Å². The summed E-state index contributed by atoms with van der Waals surface area (Å²) >= 11 is 0. The molecule has 0 aliphatic carbocycles. The Morgan fingerprint density at radius 1 is 1.11 bits per heavy atom. The Morgan fingerprint density at radius 2 is 1.84 bits per heavy atom. The van der Waals surface area contributed by atoms with Crippen molar-refractivity contribution in [3.8, 4) is 5.75 Å². The van der Waals surface area contributed by atoms with E-state index >= 15 is 0 Å². The number of nitrogens with zero attached hydrogens (tertiary/aromatic N) is 1. The highest BCUT2D eigenvalue weighted by Crippen LogP contribution is 2.16. The Balaban J connectivity index is 1.99. The Hall–Kier alpha value is -1.84. The molecular weight excluding hydrogens is 242 g/mol. The molecule has 0 atom stereocenters. The van der Waals surface area contributed by atoms with E-state index in [0.29, 0.717) is 39.0 Å². The van der Waals surface area contributed by atoms with Gasteiger partial charge in [0.1, 0.15) is 11.5 Å². The highest BCUT2D eigenvalue weighted by Gasteiger charge is 2.20. The van der Waals surface area contributed by atoms with Crippen LogP contribution < -0.4 is 4.74 Å². The van der Waals surface area contributed by atoms with Gasteiger partial charge in [0.2, 0.25) is 5.91 Å². The van der Waals surface area contributed by atoms with Crippen LogP contribution in [0.4, 0.5) is 0 Å². The van der Waals surface area contributed by atoms with Crippen molar-refractivity contribution in [1.29, 1.82) is 0 Å². The molecule has 1 heterocycles. The summed E-state index contributed by atoms with van der Waals surface area (Å²) in [6.45, 7) is 3.69. The molecule has 4 heteroatoms. The predicted octanol–water partition coefficient (Wildman–Crippen LogP) is 2.17. The lowest BCUT2D eigenvalue weighted by molar-refractivity contribution is -0.131. The summed E-state index contributed by atoms with van der Waals surface area (Å²) in [5, 5.41) is 0. The molecule has 0 radical (unpaired) electrons. The number of amides is 1. The molecule has 102 valence electrons. The predicted molar refractivity (Wildman–Crippen MR) is 71.9 cm³/mol. The molecule has 1 fully saturated rings. The molecule has 0 unspecified atom stereocenters. The second-order valence-electron chi connectivity index (χ2n) is 4.68. The maximum Gasteiger partial charge on any atom is 0.223 e. The average molecular weight is 261 g/mol. The summed E-state index contributed by atoms with van der Waals surface area (Å²) in [7, 11) is 0. The normalized spacial score (nSPS) is 16.4. The molecule has 2 rings (SSSR count). The van der Waals surface area contributed by atoms with Gasteiger partial charge in [0.25, 0.3) is 0 Å². The first-order valence-electron chi connectivity index (χ1n) is 6.70. The third kappa shape index (κ3) is 3.81. The van der Waals surface area contributed by atoms with Crippen molar-refractivity contribution in [2.24, 2.45) is 0 Å². The zero-order chi connectivity index (χ0) is 13.7. The molecule has 0 spiro atoms. The van der Waals surface area contributed by atoms with Crippen LogP contribution in [-0.2, 0) is 16.1 Å². The Morgan fingerprint density at radius 3 is 2.53 bits per heavy atom. The molecule has 1 aromatic rings. The fraction of sp³-hybridized carbons (Fsp3) is 0.467. The summed E-state index contributed by atoms with van der Waals surface area (Å²) in [5.41, 5.74) is 1.06. The fourth-order valence-corrected chi connectivity index (χ4v) is 2.16. The van der Waals surface area contributed by atoms with Crippen LogP contribution in [0.1, 0.15) is 31.7 Å². The summed E-state index contributed by atoms with van der Waals surface area (Å²) in [4.78, 5) is 25.0. The van der Waals surface area contributed by atoms with Gasteiger partial charge in [0, 0.05) is 32.4 Å². The molecule has 0 saturated carbocycles. The third-order valence-corrected chi connectivity index (χ3v) is 3.24. The van der Waals surface area contributed by atoms with Crippen LogP contribution in [0, 0.1) is 0 Å². The Labute approximate surface area is 113 Å². The van der Waals surface area contributed by atoms with Crippen LogP contribution in [0.5, 0.6) is 5.75 Å². The fourth-order valence-electron chi connectivity index (χ4n) is 2.16. The summed E-state index contributed by atoms with van der Waals surface area (Å²) < 4.78 is 5.38. The van der Waals surface area contributed by atoms with E-state index in [4.69, 9.17) is 4.74 Å². The minimum absolute atomic E-state index is 0.0692. The SMILES string of the molecule is CCOc1ccc(CN2CCC(=O)CCC2=O)cc1. The molecule has 1 aliphatic heterocycles. The van der Waals surface area contributed by atoms with Crippen molar-refractivity contribution in [3.63, 3.8) is 0 Å². The Bertz CT molecular complexity index is 453. The number of carbonyl (C=O) groups is 2. The maximum atomic E-state index is 11.9. The summed E-state index contributed by atoms with van der Waals surface area (Å²) in [6, 6.07) is 7.74. The van der Waals surface area contributed by atoms with E-state index in [1.165, 1.54) is 0 Å². The van der Waals surface area contributed by atoms with Gasteiger partial charge in [-0.05, 0) is 24.6 Å². The van der Waals surface area contributed by atoms with E-state index in [2.05, 4.69) is 0 Å². The lowest BCUT2D eigenvalue weighted by Crippen LogP contribution is -2.29. The van der Waals surface area contributed by atoms with Gasteiger partial charge in [-0.15, -0.1) is 0 Å². The van der Waals surface area contributed by atoms with E-state index in [1.54, 1.807) is 4.90 Å². The highest BCUT2D eigenvalue weighted by molar-refractivity contribution is 5.87. The van der Waals surface area contributed by atoms with Crippen molar-refractivity contribution in [2.75, 3.05) is 13.2 Å². The van der Waals surface area contributed by atoms with Crippen LogP contribution in [0.2, 0.25) is 0 Å². The van der Waals surface area contributed by atoms with Crippen LogP contribution in [0.25, 0.3) is 0 Å². The lowest BCUT2D eigenvalue weighted by Gasteiger charge is -2.20. The number of carbonyl (C=O) groups excluding carboxylic acids is 2. The highest BCUT2D eigenvalue weighted by atomic mass is 16.5.